The summed E-state index contributed by atoms with van der Waals surface area (Å²) >= 11 is 0. The normalized spacial score (nSPS) is 12.5. The lowest BCUT2D eigenvalue weighted by Gasteiger charge is -2.28. The molecule has 7 heteroatoms. The van der Waals surface area contributed by atoms with Crippen molar-refractivity contribution < 1.29 is 27.8 Å². The fourth-order valence-electron chi connectivity index (χ4n) is 1.77. The molecular formula is C15H19F2NO4. The van der Waals surface area contributed by atoms with Gasteiger partial charge in [-0.25, -0.2) is 13.6 Å². The molecule has 0 aliphatic rings. The maximum atomic E-state index is 13.4. The molecule has 0 fully saturated rings. The molecule has 1 rings (SSSR count). The molecule has 122 valence electrons. The summed E-state index contributed by atoms with van der Waals surface area (Å²) < 4.78 is 36.8. The number of amides is 1. The van der Waals surface area contributed by atoms with Gasteiger partial charge in [-0.3, -0.25) is 4.90 Å². The minimum atomic E-state index is -1.17. The van der Waals surface area contributed by atoms with E-state index in [2.05, 4.69) is 0 Å². The van der Waals surface area contributed by atoms with Gasteiger partial charge in [-0.15, -0.1) is 0 Å². The molecule has 0 N–H and O–H groups in total. The van der Waals surface area contributed by atoms with Crippen LogP contribution >= 0.6 is 0 Å². The zero-order valence-electron chi connectivity index (χ0n) is 13.1. The fourth-order valence-corrected chi connectivity index (χ4v) is 1.77. The van der Waals surface area contributed by atoms with Gasteiger partial charge >= 0.3 is 6.09 Å². The Bertz CT molecular complexity index is 569. The molecule has 1 aromatic carbocycles. The first-order valence-electron chi connectivity index (χ1n) is 6.54. The zero-order valence-corrected chi connectivity index (χ0v) is 13.1. The molecule has 0 saturated heterocycles. The summed E-state index contributed by atoms with van der Waals surface area (Å²) in [6, 6.07) is 0.484. The van der Waals surface area contributed by atoms with Crippen molar-refractivity contribution in [3.05, 3.63) is 29.3 Å². The van der Waals surface area contributed by atoms with Crippen LogP contribution in [-0.2, 0) is 9.53 Å². The van der Waals surface area contributed by atoms with Crippen LogP contribution < -0.4 is 4.74 Å². The SMILES string of the molecule is COc1cc(F)c(F)cc1C(C=O)N(C)C(=O)OC(C)(C)C. The number of aldehydes is 1. The molecule has 22 heavy (non-hydrogen) atoms. The summed E-state index contributed by atoms with van der Waals surface area (Å²) in [4.78, 5) is 24.4. The van der Waals surface area contributed by atoms with Gasteiger partial charge in [0.2, 0.25) is 0 Å². The number of carbonyl (C=O) groups excluding carboxylic acids is 2. The number of halogens is 2. The standard InChI is InChI=1S/C15H19F2NO4/c1-15(2,3)22-14(20)18(4)12(8-19)9-6-10(16)11(17)7-13(9)21-5/h6-8,12H,1-5H3. The number of rotatable bonds is 4. The molecule has 0 radical (unpaired) electrons. The summed E-state index contributed by atoms with van der Waals surface area (Å²) in [5.74, 6) is -2.28. The van der Waals surface area contributed by atoms with Gasteiger partial charge in [-0.05, 0) is 26.8 Å². The number of nitrogens with zero attached hydrogens (tertiary/aromatic N) is 1. The van der Waals surface area contributed by atoms with Crippen molar-refractivity contribution in [2.24, 2.45) is 0 Å². The molecule has 1 atom stereocenters. The molecule has 1 aromatic rings. The Kier molecular flexibility index (Phi) is 5.46. The maximum Gasteiger partial charge on any atom is 0.410 e. The van der Waals surface area contributed by atoms with Gasteiger partial charge in [-0.1, -0.05) is 0 Å². The van der Waals surface area contributed by atoms with Gasteiger partial charge < -0.3 is 14.3 Å². The predicted octanol–water partition coefficient (Wildman–Crippen LogP) is 3.08. The van der Waals surface area contributed by atoms with Gasteiger partial charge in [0.05, 0.1) is 7.11 Å². The van der Waals surface area contributed by atoms with E-state index in [0.717, 1.165) is 17.0 Å². The molecule has 0 aromatic heterocycles. The van der Waals surface area contributed by atoms with Crippen LogP contribution in [0.25, 0.3) is 0 Å². The van der Waals surface area contributed by atoms with Crippen molar-refractivity contribution in [3.8, 4) is 5.75 Å². The number of methoxy groups -OCH3 is 1. The summed E-state index contributed by atoms with van der Waals surface area (Å²) in [5.41, 5.74) is -0.721. The third-order valence-corrected chi connectivity index (χ3v) is 2.82. The van der Waals surface area contributed by atoms with Crippen molar-refractivity contribution in [1.29, 1.82) is 0 Å². The van der Waals surface area contributed by atoms with Crippen molar-refractivity contribution in [2.45, 2.75) is 32.4 Å². The summed E-state index contributed by atoms with van der Waals surface area (Å²) in [6.07, 6.45) is -0.338. The number of hydrogen-bond acceptors (Lipinski definition) is 4. The molecule has 1 amide bonds. The Morgan fingerprint density at radius 2 is 1.82 bits per heavy atom. The van der Waals surface area contributed by atoms with Crippen LogP contribution in [0, 0.1) is 11.6 Å². The molecular weight excluding hydrogens is 296 g/mol. The first kappa shape index (κ1) is 17.9. The summed E-state index contributed by atoms with van der Waals surface area (Å²) in [7, 11) is 2.58. The van der Waals surface area contributed by atoms with Gasteiger partial charge in [0, 0.05) is 18.7 Å². The number of benzene rings is 1. The Morgan fingerprint density at radius 1 is 1.27 bits per heavy atom. The number of likely N-dealkylation sites (N-methyl/N-ethyl adjacent to an activating group) is 1. The van der Waals surface area contributed by atoms with Crippen molar-refractivity contribution in [3.63, 3.8) is 0 Å². The molecule has 0 saturated carbocycles. The summed E-state index contributed by atoms with van der Waals surface area (Å²) in [5, 5.41) is 0. The monoisotopic (exact) mass is 315 g/mol. The average Bonchev–Trinajstić information content (AvgIpc) is 2.41. The van der Waals surface area contributed by atoms with Gasteiger partial charge in [0.25, 0.3) is 0 Å². The Balaban J connectivity index is 3.18. The van der Waals surface area contributed by atoms with Crippen molar-refractivity contribution in [1.82, 2.24) is 4.90 Å². The molecule has 5 nitrogen and oxygen atoms in total. The van der Waals surface area contributed by atoms with Crippen molar-refractivity contribution >= 4 is 12.4 Å². The van der Waals surface area contributed by atoms with E-state index >= 15 is 0 Å². The van der Waals surface area contributed by atoms with Crippen LogP contribution in [0.1, 0.15) is 32.4 Å². The van der Waals surface area contributed by atoms with E-state index in [0.29, 0.717) is 6.29 Å². The molecule has 1 unspecified atom stereocenters. The minimum absolute atomic E-state index is 0.0322. The van der Waals surface area contributed by atoms with Gasteiger partial charge in [-0.2, -0.15) is 0 Å². The molecule has 0 heterocycles. The second-order valence-electron chi connectivity index (χ2n) is 5.68. The Morgan fingerprint density at radius 3 is 2.27 bits per heavy atom. The van der Waals surface area contributed by atoms with Gasteiger partial charge in [0.1, 0.15) is 23.7 Å². The van der Waals surface area contributed by atoms with Crippen LogP contribution in [0.5, 0.6) is 5.75 Å². The van der Waals surface area contributed by atoms with Gasteiger partial charge in [0.15, 0.2) is 11.6 Å². The lowest BCUT2D eigenvalue weighted by atomic mass is 10.1. The lowest BCUT2D eigenvalue weighted by molar-refractivity contribution is -0.112. The van der Waals surface area contributed by atoms with Crippen LogP contribution in [0.15, 0.2) is 12.1 Å². The van der Waals surface area contributed by atoms with E-state index in [1.165, 1.54) is 14.2 Å². The van der Waals surface area contributed by atoms with E-state index < -0.39 is 29.4 Å². The van der Waals surface area contributed by atoms with E-state index in [-0.39, 0.29) is 11.3 Å². The first-order valence-corrected chi connectivity index (χ1v) is 6.54. The minimum Gasteiger partial charge on any atom is -0.496 e. The number of ether oxygens (including phenoxy) is 2. The fraction of sp³-hybridized carbons (Fsp3) is 0.467. The largest absolute Gasteiger partial charge is 0.496 e. The highest BCUT2D eigenvalue weighted by atomic mass is 19.2. The maximum absolute atomic E-state index is 13.4. The zero-order chi connectivity index (χ0) is 17.1. The van der Waals surface area contributed by atoms with Crippen LogP contribution in [0.3, 0.4) is 0 Å². The van der Waals surface area contributed by atoms with E-state index in [9.17, 15) is 18.4 Å². The third-order valence-electron chi connectivity index (χ3n) is 2.82. The molecule has 0 aliphatic heterocycles. The van der Waals surface area contributed by atoms with Crippen LogP contribution in [0.2, 0.25) is 0 Å². The van der Waals surface area contributed by atoms with Crippen molar-refractivity contribution in [2.75, 3.05) is 14.2 Å². The quantitative estimate of drug-likeness (QED) is 0.801. The second kappa shape index (κ2) is 6.72. The molecule has 0 aliphatic carbocycles. The highest BCUT2D eigenvalue weighted by Crippen LogP contribution is 2.30. The number of hydrogen-bond donors (Lipinski definition) is 0. The second-order valence-corrected chi connectivity index (χ2v) is 5.68. The molecule has 0 spiro atoms. The highest BCUT2D eigenvalue weighted by molar-refractivity contribution is 5.75. The smallest absolute Gasteiger partial charge is 0.410 e. The average molecular weight is 315 g/mol. The van der Waals surface area contributed by atoms with Crippen LogP contribution in [-0.4, -0.2) is 37.0 Å². The van der Waals surface area contributed by atoms with E-state index in [4.69, 9.17) is 9.47 Å². The topological polar surface area (TPSA) is 55.8 Å². The Hall–Kier alpha value is -2.18. The Labute approximate surface area is 127 Å². The number of carbonyl (C=O) groups is 2. The van der Waals surface area contributed by atoms with Crippen LogP contribution in [0.4, 0.5) is 13.6 Å². The first-order chi connectivity index (χ1) is 10.1. The van der Waals surface area contributed by atoms with E-state index in [1.807, 2.05) is 0 Å². The highest BCUT2D eigenvalue weighted by Gasteiger charge is 2.29. The predicted molar refractivity (Wildman–Crippen MR) is 75.7 cm³/mol. The molecule has 0 bridgehead atoms. The van der Waals surface area contributed by atoms with E-state index in [1.54, 1.807) is 20.8 Å². The summed E-state index contributed by atoms with van der Waals surface area (Å²) in [6.45, 7) is 5.02. The third kappa shape index (κ3) is 4.16. The lowest BCUT2D eigenvalue weighted by Crippen LogP contribution is -2.37.